The minimum Gasteiger partial charge on any atom is -0.300 e. The lowest BCUT2D eigenvalue weighted by atomic mass is 9.59. The van der Waals surface area contributed by atoms with E-state index in [1.807, 2.05) is 6.08 Å². The first-order valence-electron chi connectivity index (χ1n) is 5.75. The molecule has 1 fully saturated rings. The Balaban J connectivity index is 2.19. The lowest BCUT2D eigenvalue weighted by molar-refractivity contribution is -0.133. The summed E-state index contributed by atoms with van der Waals surface area (Å²) in [6.45, 7) is 3.74. The Kier molecular flexibility index (Phi) is 2.53. The van der Waals surface area contributed by atoms with E-state index in [9.17, 15) is 9.59 Å². The van der Waals surface area contributed by atoms with Crippen molar-refractivity contribution < 1.29 is 9.59 Å². The van der Waals surface area contributed by atoms with Gasteiger partial charge in [-0.05, 0) is 44.6 Å². The Morgan fingerprint density at radius 2 is 2.27 bits per heavy atom. The zero-order chi connectivity index (χ0) is 11.1. The molecule has 0 aromatic carbocycles. The van der Waals surface area contributed by atoms with Crippen molar-refractivity contribution in [3.63, 3.8) is 0 Å². The second-order valence-corrected chi connectivity index (χ2v) is 5.20. The smallest absolute Gasteiger partial charge is 0.161 e. The fraction of sp³-hybridized carbons (Fsp3) is 0.692. The van der Waals surface area contributed by atoms with Gasteiger partial charge in [0.1, 0.15) is 5.78 Å². The van der Waals surface area contributed by atoms with Crippen LogP contribution < -0.4 is 0 Å². The third-order valence-corrected chi connectivity index (χ3v) is 4.31. The number of carbonyl (C=O) groups excluding carboxylic acids is 2. The number of hydrogen-bond donors (Lipinski definition) is 0. The summed E-state index contributed by atoms with van der Waals surface area (Å²) >= 11 is 0. The van der Waals surface area contributed by atoms with Crippen molar-refractivity contribution >= 4 is 11.6 Å². The number of hydrogen-bond acceptors (Lipinski definition) is 2. The first-order valence-corrected chi connectivity index (χ1v) is 5.75. The number of fused-ring (bicyclic) bond motifs is 1. The molecular formula is C13H18O2. The largest absolute Gasteiger partial charge is 0.300 e. The molecule has 0 aliphatic heterocycles. The van der Waals surface area contributed by atoms with Crippen molar-refractivity contribution in [2.45, 2.75) is 39.5 Å². The van der Waals surface area contributed by atoms with Crippen molar-refractivity contribution in [2.75, 3.05) is 0 Å². The minimum atomic E-state index is -0.180. The van der Waals surface area contributed by atoms with Crippen LogP contribution in [0.25, 0.3) is 0 Å². The van der Waals surface area contributed by atoms with Crippen LogP contribution in [-0.2, 0) is 9.59 Å². The van der Waals surface area contributed by atoms with Gasteiger partial charge in [0, 0.05) is 11.3 Å². The molecule has 2 nitrogen and oxygen atoms in total. The third kappa shape index (κ3) is 1.66. The van der Waals surface area contributed by atoms with E-state index in [2.05, 4.69) is 6.92 Å². The molecule has 0 spiro atoms. The molecule has 0 N–H and O–H groups in total. The lowest BCUT2D eigenvalue weighted by Crippen LogP contribution is -2.42. The van der Waals surface area contributed by atoms with Gasteiger partial charge in [0.2, 0.25) is 0 Å². The van der Waals surface area contributed by atoms with Crippen molar-refractivity contribution in [1.29, 1.82) is 0 Å². The van der Waals surface area contributed by atoms with Gasteiger partial charge >= 0.3 is 0 Å². The SMILES string of the molecule is CC(=O)[C@@H]1CC[C@]2(C)C(=O)C=CC[C@@H]2C1. The number of ketones is 2. The second kappa shape index (κ2) is 3.58. The minimum absolute atomic E-state index is 0.180. The van der Waals surface area contributed by atoms with Crippen LogP contribution in [0.5, 0.6) is 0 Å². The number of rotatable bonds is 1. The van der Waals surface area contributed by atoms with Gasteiger partial charge in [-0.3, -0.25) is 9.59 Å². The summed E-state index contributed by atoms with van der Waals surface area (Å²) < 4.78 is 0. The lowest BCUT2D eigenvalue weighted by Gasteiger charge is -2.43. The highest BCUT2D eigenvalue weighted by Crippen LogP contribution is 2.48. The van der Waals surface area contributed by atoms with E-state index in [-0.39, 0.29) is 17.1 Å². The maximum atomic E-state index is 11.9. The molecule has 1 saturated carbocycles. The van der Waals surface area contributed by atoms with Gasteiger partial charge in [0.25, 0.3) is 0 Å². The van der Waals surface area contributed by atoms with Crippen molar-refractivity contribution in [3.8, 4) is 0 Å². The predicted molar refractivity (Wildman–Crippen MR) is 58.4 cm³/mol. The molecule has 0 unspecified atom stereocenters. The zero-order valence-electron chi connectivity index (χ0n) is 9.45. The van der Waals surface area contributed by atoms with E-state index in [0.29, 0.717) is 11.7 Å². The Bertz CT molecular complexity index is 329. The van der Waals surface area contributed by atoms with E-state index >= 15 is 0 Å². The van der Waals surface area contributed by atoms with Crippen molar-refractivity contribution in [2.24, 2.45) is 17.3 Å². The second-order valence-electron chi connectivity index (χ2n) is 5.20. The summed E-state index contributed by atoms with van der Waals surface area (Å²) in [7, 11) is 0. The molecule has 0 heterocycles. The molecule has 2 rings (SSSR count). The van der Waals surface area contributed by atoms with Crippen molar-refractivity contribution in [3.05, 3.63) is 12.2 Å². The quantitative estimate of drug-likeness (QED) is 0.660. The van der Waals surface area contributed by atoms with Crippen LogP contribution in [0.15, 0.2) is 12.2 Å². The van der Waals surface area contributed by atoms with Gasteiger partial charge in [-0.15, -0.1) is 0 Å². The summed E-state index contributed by atoms with van der Waals surface area (Å²) in [5.74, 6) is 1.14. The van der Waals surface area contributed by atoms with E-state index < -0.39 is 0 Å². The molecule has 0 radical (unpaired) electrons. The average Bonchev–Trinajstić information content (AvgIpc) is 2.19. The van der Waals surface area contributed by atoms with E-state index in [4.69, 9.17) is 0 Å². The molecule has 0 bridgehead atoms. The number of allylic oxidation sites excluding steroid dienone is 2. The molecule has 15 heavy (non-hydrogen) atoms. The zero-order valence-corrected chi connectivity index (χ0v) is 9.45. The van der Waals surface area contributed by atoms with Crippen LogP contribution in [0.2, 0.25) is 0 Å². The van der Waals surface area contributed by atoms with Gasteiger partial charge in [-0.2, -0.15) is 0 Å². The van der Waals surface area contributed by atoms with Crippen LogP contribution in [-0.4, -0.2) is 11.6 Å². The summed E-state index contributed by atoms with van der Waals surface area (Å²) in [6, 6.07) is 0. The Labute approximate surface area is 90.7 Å². The molecule has 0 aromatic rings. The average molecular weight is 206 g/mol. The normalized spacial score (nSPS) is 40.0. The first-order chi connectivity index (χ1) is 7.04. The highest BCUT2D eigenvalue weighted by Gasteiger charge is 2.45. The molecule has 3 atom stereocenters. The summed E-state index contributed by atoms with van der Waals surface area (Å²) in [5.41, 5.74) is -0.180. The highest BCUT2D eigenvalue weighted by molar-refractivity contribution is 5.96. The van der Waals surface area contributed by atoms with Gasteiger partial charge in [-0.25, -0.2) is 0 Å². The Morgan fingerprint density at radius 3 is 2.93 bits per heavy atom. The number of Topliss-reactive ketones (excluding diaryl/α,β-unsaturated/α-hetero) is 1. The van der Waals surface area contributed by atoms with Gasteiger partial charge < -0.3 is 0 Å². The summed E-state index contributed by atoms with van der Waals surface area (Å²) in [6.07, 6.45) is 7.34. The standard InChI is InChI=1S/C13H18O2/c1-9(14)10-6-7-13(2)11(8-10)4-3-5-12(13)15/h3,5,10-11H,4,6-8H2,1-2H3/t10-,11-,13+/m1/s1. The molecule has 0 aromatic heterocycles. The molecule has 0 amide bonds. The Morgan fingerprint density at radius 1 is 1.53 bits per heavy atom. The third-order valence-electron chi connectivity index (χ3n) is 4.31. The van der Waals surface area contributed by atoms with Gasteiger partial charge in [0.05, 0.1) is 0 Å². The maximum Gasteiger partial charge on any atom is 0.161 e. The fourth-order valence-electron chi connectivity index (χ4n) is 2.98. The summed E-state index contributed by atoms with van der Waals surface area (Å²) in [4.78, 5) is 23.2. The molecule has 82 valence electrons. The van der Waals surface area contributed by atoms with E-state index in [0.717, 1.165) is 25.7 Å². The van der Waals surface area contributed by atoms with Crippen LogP contribution in [0.4, 0.5) is 0 Å². The van der Waals surface area contributed by atoms with Crippen molar-refractivity contribution in [1.82, 2.24) is 0 Å². The van der Waals surface area contributed by atoms with Crippen LogP contribution >= 0.6 is 0 Å². The molecular weight excluding hydrogens is 188 g/mol. The number of carbonyl (C=O) groups is 2. The predicted octanol–water partition coefficient (Wildman–Crippen LogP) is 2.53. The molecule has 0 saturated heterocycles. The van der Waals surface area contributed by atoms with Crippen LogP contribution in [0.1, 0.15) is 39.5 Å². The van der Waals surface area contributed by atoms with E-state index in [1.165, 1.54) is 0 Å². The maximum absolute atomic E-state index is 11.9. The highest BCUT2D eigenvalue weighted by atomic mass is 16.1. The van der Waals surface area contributed by atoms with E-state index in [1.54, 1.807) is 13.0 Å². The summed E-state index contributed by atoms with van der Waals surface area (Å²) in [5, 5.41) is 0. The molecule has 2 aliphatic carbocycles. The topological polar surface area (TPSA) is 34.1 Å². The fourth-order valence-corrected chi connectivity index (χ4v) is 2.98. The first kappa shape index (κ1) is 10.6. The molecule has 2 heteroatoms. The van der Waals surface area contributed by atoms with Gasteiger partial charge in [0.15, 0.2) is 5.78 Å². The van der Waals surface area contributed by atoms with Crippen LogP contribution in [0, 0.1) is 17.3 Å². The Hall–Kier alpha value is -0.920. The monoisotopic (exact) mass is 206 g/mol. The molecule has 2 aliphatic rings. The van der Waals surface area contributed by atoms with Gasteiger partial charge in [-0.1, -0.05) is 13.0 Å². The van der Waals surface area contributed by atoms with Crippen LogP contribution in [0.3, 0.4) is 0 Å².